The maximum atomic E-state index is 13.1. The molecule has 0 bridgehead atoms. The summed E-state index contributed by atoms with van der Waals surface area (Å²) in [6.45, 7) is 0. The van der Waals surface area contributed by atoms with Gasteiger partial charge in [-0.2, -0.15) is 11.8 Å². The zero-order chi connectivity index (χ0) is 14.4. The molecule has 1 aromatic carbocycles. The topological polar surface area (TPSA) is 57.6 Å². The van der Waals surface area contributed by atoms with Crippen LogP contribution in [0.5, 0.6) is 0 Å². The molecule has 1 aromatic rings. The molecule has 19 heavy (non-hydrogen) atoms. The van der Waals surface area contributed by atoms with Gasteiger partial charge in [0.1, 0.15) is 6.04 Å². The fourth-order valence-electron chi connectivity index (χ4n) is 1.57. The van der Waals surface area contributed by atoms with Gasteiger partial charge in [0, 0.05) is 11.8 Å². The largest absolute Gasteiger partial charge is 0.480 e. The van der Waals surface area contributed by atoms with Gasteiger partial charge in [0.25, 0.3) is 0 Å². The van der Waals surface area contributed by atoms with Crippen molar-refractivity contribution in [2.24, 2.45) is 0 Å². The van der Waals surface area contributed by atoms with Crippen molar-refractivity contribution in [3.05, 3.63) is 29.8 Å². The van der Waals surface area contributed by atoms with Gasteiger partial charge >= 0.3 is 5.97 Å². The summed E-state index contributed by atoms with van der Waals surface area (Å²) < 4.78 is 26.0. The Kier molecular flexibility index (Phi) is 5.75. The molecule has 0 aliphatic carbocycles. The van der Waals surface area contributed by atoms with E-state index in [1.807, 2.05) is 6.26 Å². The lowest BCUT2D eigenvalue weighted by Gasteiger charge is -2.24. The summed E-state index contributed by atoms with van der Waals surface area (Å²) in [4.78, 5) is 23.1. The van der Waals surface area contributed by atoms with E-state index < -0.39 is 23.6 Å². The molecule has 0 fully saturated rings. The van der Waals surface area contributed by atoms with Crippen molar-refractivity contribution in [3.8, 4) is 0 Å². The Labute approximate surface area is 113 Å². The number of benzene rings is 1. The minimum atomic E-state index is -1.19. The number of anilines is 1. The van der Waals surface area contributed by atoms with Crippen molar-refractivity contribution >= 4 is 29.8 Å². The molecule has 0 radical (unpaired) electrons. The average molecular weight is 289 g/mol. The Morgan fingerprint density at radius 1 is 1.47 bits per heavy atom. The van der Waals surface area contributed by atoms with Crippen LogP contribution in [-0.4, -0.2) is 35.5 Å². The Balaban J connectivity index is 3.04. The molecular formula is C12H13F2NO3S. The highest BCUT2D eigenvalue weighted by molar-refractivity contribution is 7.98. The number of thioether (sulfide) groups is 1. The number of carbonyl (C=O) groups excluding carboxylic acids is 1. The smallest absolute Gasteiger partial charge is 0.326 e. The summed E-state index contributed by atoms with van der Waals surface area (Å²) in [6, 6.07) is 1.73. The minimum Gasteiger partial charge on any atom is -0.480 e. The average Bonchev–Trinajstić information content (AvgIpc) is 2.37. The number of rotatable bonds is 7. The van der Waals surface area contributed by atoms with Gasteiger partial charge in [-0.25, -0.2) is 13.6 Å². The maximum absolute atomic E-state index is 13.1. The standard InChI is InChI=1S/C12H13F2NO3S/c1-19-5-4-11(12(17)18)15(7-16)8-2-3-9(13)10(14)6-8/h2-3,6-7,11H,4-5H2,1H3,(H,17,18). The zero-order valence-electron chi connectivity index (χ0n) is 10.2. The fourth-order valence-corrected chi connectivity index (χ4v) is 2.03. The molecule has 1 N–H and O–H groups in total. The number of hydrogen-bond donors (Lipinski definition) is 1. The molecule has 0 aromatic heterocycles. The predicted molar refractivity (Wildman–Crippen MR) is 69.3 cm³/mol. The second kappa shape index (κ2) is 7.08. The van der Waals surface area contributed by atoms with Crippen molar-refractivity contribution in [1.29, 1.82) is 0 Å². The van der Waals surface area contributed by atoms with Crippen LogP contribution < -0.4 is 4.90 Å². The van der Waals surface area contributed by atoms with Gasteiger partial charge < -0.3 is 10.0 Å². The second-order valence-electron chi connectivity index (χ2n) is 3.75. The van der Waals surface area contributed by atoms with Crippen molar-refractivity contribution in [1.82, 2.24) is 0 Å². The van der Waals surface area contributed by atoms with Crippen LogP contribution in [0.3, 0.4) is 0 Å². The zero-order valence-corrected chi connectivity index (χ0v) is 11.0. The SMILES string of the molecule is CSCCC(C(=O)O)N(C=O)c1ccc(F)c(F)c1. The van der Waals surface area contributed by atoms with E-state index in [4.69, 9.17) is 5.11 Å². The van der Waals surface area contributed by atoms with Crippen molar-refractivity contribution < 1.29 is 23.5 Å². The van der Waals surface area contributed by atoms with Crippen LogP contribution in [0.15, 0.2) is 18.2 Å². The van der Waals surface area contributed by atoms with E-state index in [9.17, 15) is 18.4 Å². The predicted octanol–water partition coefficient (Wildman–Crippen LogP) is 2.13. The van der Waals surface area contributed by atoms with Gasteiger partial charge in [0.15, 0.2) is 11.6 Å². The Morgan fingerprint density at radius 3 is 2.63 bits per heavy atom. The third-order valence-electron chi connectivity index (χ3n) is 2.53. The van der Waals surface area contributed by atoms with Crippen molar-refractivity contribution in [2.45, 2.75) is 12.5 Å². The molecule has 7 heteroatoms. The van der Waals surface area contributed by atoms with E-state index in [2.05, 4.69) is 0 Å². The molecule has 0 aliphatic rings. The second-order valence-corrected chi connectivity index (χ2v) is 4.73. The van der Waals surface area contributed by atoms with Crippen LogP contribution in [0.25, 0.3) is 0 Å². The quantitative estimate of drug-likeness (QED) is 0.781. The summed E-state index contributed by atoms with van der Waals surface area (Å²) in [6.07, 6.45) is 2.34. The van der Waals surface area contributed by atoms with E-state index in [1.165, 1.54) is 17.8 Å². The Hall–Kier alpha value is -1.63. The third kappa shape index (κ3) is 3.92. The fraction of sp³-hybridized carbons (Fsp3) is 0.333. The first-order chi connectivity index (χ1) is 9.01. The van der Waals surface area contributed by atoms with E-state index in [0.717, 1.165) is 17.0 Å². The number of amides is 1. The van der Waals surface area contributed by atoms with E-state index >= 15 is 0 Å². The number of aliphatic carboxylic acids is 1. The van der Waals surface area contributed by atoms with Crippen LogP contribution in [0.1, 0.15) is 6.42 Å². The van der Waals surface area contributed by atoms with Crippen LogP contribution in [0.4, 0.5) is 14.5 Å². The van der Waals surface area contributed by atoms with Gasteiger partial charge in [-0.1, -0.05) is 0 Å². The van der Waals surface area contributed by atoms with Crippen molar-refractivity contribution in [3.63, 3.8) is 0 Å². The normalized spacial score (nSPS) is 11.9. The van der Waals surface area contributed by atoms with Gasteiger partial charge in [-0.05, 0) is 30.6 Å². The third-order valence-corrected chi connectivity index (χ3v) is 3.18. The first kappa shape index (κ1) is 15.4. The molecule has 0 spiro atoms. The number of carboxylic acids is 1. The molecule has 0 heterocycles. The van der Waals surface area contributed by atoms with Gasteiger partial charge in [0.05, 0.1) is 0 Å². The number of halogens is 2. The first-order valence-corrected chi connectivity index (χ1v) is 6.81. The number of hydrogen-bond acceptors (Lipinski definition) is 3. The molecule has 1 amide bonds. The molecule has 0 aliphatic heterocycles. The number of nitrogens with zero attached hydrogens (tertiary/aromatic N) is 1. The molecule has 1 rings (SSSR count). The van der Waals surface area contributed by atoms with Crippen LogP contribution >= 0.6 is 11.8 Å². The van der Waals surface area contributed by atoms with E-state index in [-0.39, 0.29) is 12.1 Å². The summed E-state index contributed by atoms with van der Waals surface area (Å²) in [7, 11) is 0. The molecule has 4 nitrogen and oxygen atoms in total. The molecule has 1 unspecified atom stereocenters. The molecule has 104 valence electrons. The number of carboxylic acid groups (broad SMARTS) is 1. The summed E-state index contributed by atoms with van der Waals surface area (Å²) >= 11 is 1.44. The molecule has 1 atom stereocenters. The highest BCUT2D eigenvalue weighted by Gasteiger charge is 2.25. The van der Waals surface area contributed by atoms with Gasteiger partial charge in [-0.15, -0.1) is 0 Å². The van der Waals surface area contributed by atoms with Crippen LogP contribution in [-0.2, 0) is 9.59 Å². The lowest BCUT2D eigenvalue weighted by Crippen LogP contribution is -2.41. The molecule has 0 saturated carbocycles. The van der Waals surface area contributed by atoms with Crippen LogP contribution in [0, 0.1) is 11.6 Å². The van der Waals surface area contributed by atoms with Gasteiger partial charge in [-0.3, -0.25) is 4.79 Å². The van der Waals surface area contributed by atoms with Crippen molar-refractivity contribution in [2.75, 3.05) is 16.9 Å². The maximum Gasteiger partial charge on any atom is 0.326 e. The highest BCUT2D eigenvalue weighted by Crippen LogP contribution is 2.21. The minimum absolute atomic E-state index is 0.0161. The lowest BCUT2D eigenvalue weighted by atomic mass is 10.1. The number of carbonyl (C=O) groups is 2. The lowest BCUT2D eigenvalue weighted by molar-refractivity contribution is -0.139. The highest BCUT2D eigenvalue weighted by atomic mass is 32.2. The van der Waals surface area contributed by atoms with Gasteiger partial charge in [0.2, 0.25) is 6.41 Å². The van der Waals surface area contributed by atoms with E-state index in [1.54, 1.807) is 0 Å². The monoisotopic (exact) mass is 289 g/mol. The molecular weight excluding hydrogens is 276 g/mol. The summed E-state index contributed by atoms with van der Waals surface area (Å²) in [5, 5.41) is 9.11. The summed E-state index contributed by atoms with van der Waals surface area (Å²) in [5.41, 5.74) is 0.0161. The van der Waals surface area contributed by atoms with E-state index in [0.29, 0.717) is 12.2 Å². The summed E-state index contributed by atoms with van der Waals surface area (Å²) in [5.74, 6) is -2.83. The van der Waals surface area contributed by atoms with Crippen LogP contribution in [0.2, 0.25) is 0 Å². The Morgan fingerprint density at radius 2 is 2.16 bits per heavy atom. The molecule has 0 saturated heterocycles. The first-order valence-electron chi connectivity index (χ1n) is 5.41. The Bertz CT molecular complexity index is 470.